The van der Waals surface area contributed by atoms with Gasteiger partial charge in [-0.1, -0.05) is 0 Å². The standard InChI is InChI=1S/C46H52N10O8/c1-27(2)64-38-23-33-29(21-36(38)48-42(58)35-24-47-55-16-11-39(49-41(35)55)53-17-19-63-20-18-53)26-54(44(33)60)30-9-12-51(13-10-30)25-28-7-14-52(15-8-28)31-3-4-32-34(22-31)46(62)56(45(32)61)37-5-6-40(57)50-43(37)59/h3-4,11,16,21-24,27-28,30,37H,5-10,12-15,17-20,25-26H2,1-2H3,(H,48,58)(H,50,57,59). The summed E-state index contributed by atoms with van der Waals surface area (Å²) in [5.41, 5.74) is 4.18. The number of ether oxygens (including phenoxy) is 2. The van der Waals surface area contributed by atoms with Crippen molar-refractivity contribution in [2.75, 3.05) is 74.1 Å². The molecule has 64 heavy (non-hydrogen) atoms. The molecule has 18 nitrogen and oxygen atoms in total. The molecule has 2 N–H and O–H groups in total. The first kappa shape index (κ1) is 41.6. The number of carbonyl (C=O) groups is 6. The lowest BCUT2D eigenvalue weighted by Gasteiger charge is -2.40. The minimum Gasteiger partial charge on any atom is -0.489 e. The van der Waals surface area contributed by atoms with Crippen LogP contribution in [-0.2, 0) is 20.9 Å². The number of anilines is 3. The van der Waals surface area contributed by atoms with Crippen LogP contribution in [0.4, 0.5) is 17.2 Å². The summed E-state index contributed by atoms with van der Waals surface area (Å²) in [5, 5.41) is 9.68. The number of imide groups is 2. The lowest BCUT2D eigenvalue weighted by molar-refractivity contribution is -0.136. The largest absolute Gasteiger partial charge is 0.489 e. The van der Waals surface area contributed by atoms with Gasteiger partial charge in [-0.05, 0) is 93.8 Å². The molecule has 6 aliphatic rings. The average molecular weight is 873 g/mol. The van der Waals surface area contributed by atoms with E-state index in [0.29, 0.717) is 72.5 Å². The molecule has 0 spiro atoms. The zero-order chi connectivity index (χ0) is 44.2. The van der Waals surface area contributed by atoms with Gasteiger partial charge < -0.3 is 34.4 Å². The highest BCUT2D eigenvalue weighted by molar-refractivity contribution is 6.23. The summed E-state index contributed by atoms with van der Waals surface area (Å²) in [7, 11) is 0. The first-order valence-corrected chi connectivity index (χ1v) is 22.4. The van der Waals surface area contributed by atoms with Crippen molar-refractivity contribution in [3.63, 3.8) is 0 Å². The molecule has 8 heterocycles. The fraction of sp³-hybridized carbons (Fsp3) is 0.478. The predicted molar refractivity (Wildman–Crippen MR) is 234 cm³/mol. The summed E-state index contributed by atoms with van der Waals surface area (Å²) in [5.74, 6) is -0.699. The molecule has 0 bridgehead atoms. The van der Waals surface area contributed by atoms with Crippen LogP contribution in [0.3, 0.4) is 0 Å². The molecule has 6 aliphatic heterocycles. The Morgan fingerprint density at radius 2 is 1.62 bits per heavy atom. The van der Waals surface area contributed by atoms with Crippen LogP contribution in [0.15, 0.2) is 48.8 Å². The highest BCUT2D eigenvalue weighted by atomic mass is 16.5. The number of benzene rings is 2. The van der Waals surface area contributed by atoms with E-state index >= 15 is 0 Å². The molecule has 2 aromatic carbocycles. The smallest absolute Gasteiger partial charge is 0.262 e. The topological polar surface area (TPSA) is 191 Å². The fourth-order valence-corrected chi connectivity index (χ4v) is 10.1. The number of likely N-dealkylation sites (tertiary alicyclic amines) is 1. The van der Waals surface area contributed by atoms with Crippen LogP contribution >= 0.6 is 0 Å². The number of carbonyl (C=O) groups excluding carboxylic acids is 6. The highest BCUT2D eigenvalue weighted by Crippen LogP contribution is 2.38. The Hall–Kier alpha value is -6.40. The minimum absolute atomic E-state index is 0.0175. The molecule has 18 heteroatoms. The van der Waals surface area contributed by atoms with E-state index in [2.05, 4.69) is 30.4 Å². The first-order chi connectivity index (χ1) is 31.0. The highest BCUT2D eigenvalue weighted by Gasteiger charge is 2.45. The van der Waals surface area contributed by atoms with Gasteiger partial charge in [-0.3, -0.25) is 39.0 Å². The van der Waals surface area contributed by atoms with E-state index in [9.17, 15) is 28.8 Å². The molecule has 4 saturated heterocycles. The second kappa shape index (κ2) is 17.0. The predicted octanol–water partition coefficient (Wildman–Crippen LogP) is 3.34. The van der Waals surface area contributed by atoms with Gasteiger partial charge in [0.05, 0.1) is 42.3 Å². The SMILES string of the molecule is CC(C)Oc1cc2c(cc1NC(=O)c1cnn3ccc(N4CCOCC4)nc13)CN(C1CCN(CC3CCN(c4ccc5c(c4)C(=O)N(C4CCC(=O)NC4=O)C5=O)CC3)CC1)C2=O. The Balaban J connectivity index is 0.739. The van der Waals surface area contributed by atoms with E-state index in [1.54, 1.807) is 28.9 Å². The maximum absolute atomic E-state index is 14.0. The number of aromatic nitrogens is 3. The lowest BCUT2D eigenvalue weighted by atomic mass is 9.94. The molecule has 334 valence electrons. The maximum atomic E-state index is 14.0. The van der Waals surface area contributed by atoms with E-state index in [1.807, 2.05) is 36.9 Å². The van der Waals surface area contributed by atoms with Crippen molar-refractivity contribution in [1.29, 1.82) is 0 Å². The van der Waals surface area contributed by atoms with Crippen LogP contribution in [0.25, 0.3) is 5.65 Å². The zero-order valence-electron chi connectivity index (χ0n) is 36.1. The third-order valence-electron chi connectivity index (χ3n) is 13.5. The van der Waals surface area contributed by atoms with Crippen LogP contribution in [0.2, 0.25) is 0 Å². The van der Waals surface area contributed by atoms with E-state index in [4.69, 9.17) is 14.5 Å². The quantitative estimate of drug-likeness (QED) is 0.221. The third kappa shape index (κ3) is 7.82. The molecule has 1 unspecified atom stereocenters. The lowest BCUT2D eigenvalue weighted by Crippen LogP contribution is -2.54. The summed E-state index contributed by atoms with van der Waals surface area (Å²) in [6.07, 6.45) is 7.03. The molecule has 1 atom stereocenters. The van der Waals surface area contributed by atoms with Crippen molar-refractivity contribution in [3.05, 3.63) is 76.6 Å². The van der Waals surface area contributed by atoms with Gasteiger partial charge in [0.25, 0.3) is 23.6 Å². The van der Waals surface area contributed by atoms with Crippen molar-refractivity contribution in [3.8, 4) is 5.75 Å². The number of rotatable bonds is 10. The Labute approximate surface area is 369 Å². The first-order valence-electron chi connectivity index (χ1n) is 22.4. The molecule has 2 aromatic heterocycles. The normalized spacial score (nSPS) is 21.3. The van der Waals surface area contributed by atoms with Crippen LogP contribution in [-0.4, -0.2) is 142 Å². The fourth-order valence-electron chi connectivity index (χ4n) is 10.1. The molecule has 6 amide bonds. The molecule has 0 saturated carbocycles. The van der Waals surface area contributed by atoms with Crippen LogP contribution < -0.4 is 25.2 Å². The molecule has 0 aliphatic carbocycles. The maximum Gasteiger partial charge on any atom is 0.262 e. The molecular weight excluding hydrogens is 821 g/mol. The third-order valence-corrected chi connectivity index (χ3v) is 13.5. The van der Waals surface area contributed by atoms with Gasteiger partial charge in [0.15, 0.2) is 5.65 Å². The Morgan fingerprint density at radius 1 is 0.859 bits per heavy atom. The van der Waals surface area contributed by atoms with E-state index in [0.717, 1.165) is 80.4 Å². The molecule has 4 fully saturated rings. The van der Waals surface area contributed by atoms with Crippen molar-refractivity contribution < 1.29 is 38.2 Å². The van der Waals surface area contributed by atoms with Gasteiger partial charge in [-0.25, -0.2) is 9.50 Å². The van der Waals surface area contributed by atoms with Crippen LogP contribution in [0, 0.1) is 5.92 Å². The summed E-state index contributed by atoms with van der Waals surface area (Å²) < 4.78 is 13.3. The van der Waals surface area contributed by atoms with E-state index in [1.165, 1.54) is 6.20 Å². The second-order valence-corrected chi connectivity index (χ2v) is 17.9. The summed E-state index contributed by atoms with van der Waals surface area (Å²) in [6.45, 7) is 11.3. The number of piperidine rings is 3. The Kier molecular flexibility index (Phi) is 11.0. The second-order valence-electron chi connectivity index (χ2n) is 17.9. The van der Waals surface area contributed by atoms with Crippen molar-refractivity contribution in [2.24, 2.45) is 5.92 Å². The summed E-state index contributed by atoms with van der Waals surface area (Å²) >= 11 is 0. The Bertz CT molecular complexity index is 2550. The molecule has 0 radical (unpaired) electrons. The minimum atomic E-state index is -0.987. The van der Waals surface area contributed by atoms with Gasteiger partial charge in [0.1, 0.15) is 23.2 Å². The molecule has 4 aromatic rings. The van der Waals surface area contributed by atoms with Gasteiger partial charge >= 0.3 is 0 Å². The van der Waals surface area contributed by atoms with Crippen LogP contribution in [0.1, 0.15) is 99.4 Å². The van der Waals surface area contributed by atoms with E-state index < -0.39 is 29.7 Å². The number of fused-ring (bicyclic) bond motifs is 3. The van der Waals surface area contributed by atoms with Gasteiger partial charge in [0, 0.05) is 82.3 Å². The number of nitrogens with one attached hydrogen (secondary N) is 2. The van der Waals surface area contributed by atoms with Crippen LogP contribution in [0.5, 0.6) is 5.75 Å². The van der Waals surface area contributed by atoms with Crippen molar-refractivity contribution in [2.45, 2.75) is 77.1 Å². The molecule has 10 rings (SSSR count). The van der Waals surface area contributed by atoms with Crippen molar-refractivity contribution >= 4 is 58.3 Å². The summed E-state index contributed by atoms with van der Waals surface area (Å²) in [4.78, 5) is 93.3. The monoisotopic (exact) mass is 872 g/mol. The Morgan fingerprint density at radius 3 is 2.38 bits per heavy atom. The van der Waals surface area contributed by atoms with Gasteiger partial charge in [-0.15, -0.1) is 0 Å². The number of nitrogens with zero attached hydrogens (tertiary/aromatic N) is 8. The van der Waals surface area contributed by atoms with Gasteiger partial charge in [-0.2, -0.15) is 5.10 Å². The number of hydrogen-bond donors (Lipinski definition) is 2. The van der Waals surface area contributed by atoms with Crippen molar-refractivity contribution in [1.82, 2.24) is 34.6 Å². The van der Waals surface area contributed by atoms with Gasteiger partial charge in [0.2, 0.25) is 11.8 Å². The number of amides is 6. The van der Waals surface area contributed by atoms with E-state index in [-0.39, 0.29) is 42.4 Å². The average Bonchev–Trinajstić information content (AvgIpc) is 3.94. The molecular formula is C46H52N10O8. The number of morpholine rings is 1. The number of hydrogen-bond acceptors (Lipinski definition) is 13. The zero-order valence-corrected chi connectivity index (χ0v) is 36.1. The summed E-state index contributed by atoms with van der Waals surface area (Å²) in [6, 6.07) is 9.96.